The van der Waals surface area contributed by atoms with E-state index in [-0.39, 0.29) is 32.7 Å². The smallest absolute Gasteiger partial charge is 0 e. The van der Waals surface area contributed by atoms with Crippen molar-refractivity contribution in [2.75, 3.05) is 5.88 Å². The van der Waals surface area contributed by atoms with Gasteiger partial charge >= 0.3 is 0 Å². The molecule has 0 amide bonds. The minimum atomic E-state index is 0. The van der Waals surface area contributed by atoms with Crippen LogP contribution in [-0.4, -0.2) is 5.88 Å². The fourth-order valence-corrected chi connectivity index (χ4v) is 0. The van der Waals surface area contributed by atoms with Gasteiger partial charge in [0.1, 0.15) is 0 Å². The van der Waals surface area contributed by atoms with Crippen molar-refractivity contribution in [2.45, 2.75) is 0 Å². The van der Waals surface area contributed by atoms with Gasteiger partial charge in [-0.05, 0) is 0 Å². The zero-order valence-corrected chi connectivity index (χ0v) is 5.96. The summed E-state index contributed by atoms with van der Waals surface area (Å²) in [5.74, 6) is 0.472. The SMILES string of the molecule is [CH2-]CCl.[Y]. The van der Waals surface area contributed by atoms with Gasteiger partial charge in [0.05, 0.1) is 0 Å². The minimum Gasteiger partial charge on any atom is -0.329 e. The molecule has 0 spiro atoms. The molecule has 0 nitrogen and oxygen atoms in total. The molecular weight excluding hydrogens is 148 g/mol. The third kappa shape index (κ3) is 10.0. The van der Waals surface area contributed by atoms with E-state index in [1.54, 1.807) is 0 Å². The molecule has 0 aromatic rings. The molecule has 0 N–H and O–H groups in total. The van der Waals surface area contributed by atoms with Gasteiger partial charge in [0.2, 0.25) is 0 Å². The molecule has 0 unspecified atom stereocenters. The second-order valence-corrected chi connectivity index (χ2v) is 0.567. The number of halogens is 1. The Bertz CT molecular complexity index is 6.00. The zero-order chi connectivity index (χ0) is 2.71. The molecule has 0 saturated carbocycles. The Balaban J connectivity index is 0. The van der Waals surface area contributed by atoms with Gasteiger partial charge in [0, 0.05) is 32.7 Å². The third-order valence-corrected chi connectivity index (χ3v) is 0. The van der Waals surface area contributed by atoms with Crippen LogP contribution in [0.1, 0.15) is 0 Å². The Hall–Kier alpha value is 1.39. The predicted octanol–water partition coefficient (Wildman–Crippen LogP) is 1.06. The van der Waals surface area contributed by atoms with E-state index in [1.165, 1.54) is 0 Å². The largest absolute Gasteiger partial charge is 0.329 e. The Morgan fingerprint density at radius 3 is 1.75 bits per heavy atom. The van der Waals surface area contributed by atoms with Crippen LogP contribution in [0.15, 0.2) is 0 Å². The molecule has 0 aromatic heterocycles. The molecule has 0 saturated heterocycles. The van der Waals surface area contributed by atoms with Gasteiger partial charge in [-0.3, -0.25) is 0 Å². The maximum atomic E-state index is 4.89. The minimum absolute atomic E-state index is 0. The van der Waals surface area contributed by atoms with Gasteiger partial charge < -0.3 is 6.92 Å². The number of hydrogen-bond donors (Lipinski definition) is 0. The van der Waals surface area contributed by atoms with E-state index in [0.29, 0.717) is 5.88 Å². The van der Waals surface area contributed by atoms with E-state index in [4.69, 9.17) is 11.6 Å². The monoisotopic (exact) mass is 152 g/mol. The first kappa shape index (κ1) is 9.04. The first-order valence-electron chi connectivity index (χ1n) is 0.767. The van der Waals surface area contributed by atoms with Crippen molar-refractivity contribution >= 4 is 11.6 Å². The molecular formula is C2H4ClY-. The summed E-state index contributed by atoms with van der Waals surface area (Å²) in [5, 5.41) is 0. The molecule has 4 heavy (non-hydrogen) atoms. The van der Waals surface area contributed by atoms with E-state index >= 15 is 0 Å². The molecule has 0 aromatic carbocycles. The quantitative estimate of drug-likeness (QED) is 0.360. The van der Waals surface area contributed by atoms with Crippen LogP contribution in [0, 0.1) is 6.92 Å². The zero-order valence-electron chi connectivity index (χ0n) is 2.37. The van der Waals surface area contributed by atoms with Crippen molar-refractivity contribution in [3.63, 3.8) is 0 Å². The second-order valence-electron chi connectivity index (χ2n) is 0.189. The molecule has 1 radical (unpaired) electrons. The van der Waals surface area contributed by atoms with Gasteiger partial charge in [-0.2, -0.15) is 11.6 Å². The summed E-state index contributed by atoms with van der Waals surface area (Å²) in [6.07, 6.45) is 0. The van der Waals surface area contributed by atoms with Crippen LogP contribution in [0.25, 0.3) is 0 Å². The van der Waals surface area contributed by atoms with Crippen molar-refractivity contribution < 1.29 is 32.7 Å². The van der Waals surface area contributed by atoms with Crippen molar-refractivity contribution in [1.82, 2.24) is 0 Å². The first-order chi connectivity index (χ1) is 1.41. The van der Waals surface area contributed by atoms with E-state index in [2.05, 4.69) is 6.92 Å². The molecule has 0 rings (SSSR count). The molecule has 2 heteroatoms. The van der Waals surface area contributed by atoms with Crippen LogP contribution in [0.2, 0.25) is 0 Å². The molecule has 0 fully saturated rings. The predicted molar refractivity (Wildman–Crippen MR) is 16.1 cm³/mol. The summed E-state index contributed by atoms with van der Waals surface area (Å²) in [6.45, 7) is 3.25. The number of rotatable bonds is 0. The molecule has 0 atom stereocenters. The molecule has 0 aliphatic rings. The summed E-state index contributed by atoms with van der Waals surface area (Å²) in [6, 6.07) is 0. The van der Waals surface area contributed by atoms with Crippen LogP contribution in [0.5, 0.6) is 0 Å². The average molecular weight is 152 g/mol. The summed E-state index contributed by atoms with van der Waals surface area (Å²) >= 11 is 4.89. The van der Waals surface area contributed by atoms with Crippen molar-refractivity contribution in [1.29, 1.82) is 0 Å². The molecule has 23 valence electrons. The second kappa shape index (κ2) is 8.83. The Kier molecular flexibility index (Phi) is 20.0. The van der Waals surface area contributed by atoms with E-state index in [0.717, 1.165) is 0 Å². The van der Waals surface area contributed by atoms with Gasteiger partial charge in [-0.15, -0.1) is 5.88 Å². The van der Waals surface area contributed by atoms with Gasteiger partial charge in [0.15, 0.2) is 0 Å². The molecule has 0 aliphatic carbocycles. The maximum absolute atomic E-state index is 4.89. The topological polar surface area (TPSA) is 0 Å². The van der Waals surface area contributed by atoms with Crippen LogP contribution < -0.4 is 0 Å². The number of hydrogen-bond acceptors (Lipinski definition) is 0. The summed E-state index contributed by atoms with van der Waals surface area (Å²) in [4.78, 5) is 0. The van der Waals surface area contributed by atoms with Crippen molar-refractivity contribution in [3.05, 3.63) is 6.92 Å². The number of alkyl halides is 1. The Morgan fingerprint density at radius 1 is 1.75 bits per heavy atom. The summed E-state index contributed by atoms with van der Waals surface area (Å²) in [5.41, 5.74) is 0. The standard InChI is InChI=1S/C2H4Cl.Y/c1-2-3;/h1-2H2;/q-1;. The Labute approximate surface area is 56.8 Å². The molecule has 0 bridgehead atoms. The van der Waals surface area contributed by atoms with Crippen LogP contribution in [0.4, 0.5) is 0 Å². The van der Waals surface area contributed by atoms with Gasteiger partial charge in [-0.25, -0.2) is 0 Å². The first-order valence-corrected chi connectivity index (χ1v) is 1.30. The van der Waals surface area contributed by atoms with Gasteiger partial charge in [-0.1, -0.05) is 0 Å². The fraction of sp³-hybridized carbons (Fsp3) is 0.500. The van der Waals surface area contributed by atoms with Crippen LogP contribution in [-0.2, 0) is 32.7 Å². The van der Waals surface area contributed by atoms with Gasteiger partial charge in [0.25, 0.3) is 0 Å². The maximum Gasteiger partial charge on any atom is 0 e. The Morgan fingerprint density at radius 2 is 1.75 bits per heavy atom. The fourth-order valence-electron chi connectivity index (χ4n) is 0. The normalized spacial score (nSPS) is 4.50. The van der Waals surface area contributed by atoms with E-state index in [9.17, 15) is 0 Å². The van der Waals surface area contributed by atoms with Crippen molar-refractivity contribution in [2.24, 2.45) is 0 Å². The van der Waals surface area contributed by atoms with Crippen molar-refractivity contribution in [3.8, 4) is 0 Å². The van der Waals surface area contributed by atoms with E-state index < -0.39 is 0 Å². The van der Waals surface area contributed by atoms with E-state index in [1.807, 2.05) is 0 Å². The van der Waals surface area contributed by atoms with Crippen LogP contribution >= 0.6 is 11.6 Å². The third-order valence-electron chi connectivity index (χ3n) is 0. The summed E-state index contributed by atoms with van der Waals surface area (Å²) in [7, 11) is 0. The average Bonchev–Trinajstić information content (AvgIpc) is 0.918. The molecule has 0 heterocycles. The summed E-state index contributed by atoms with van der Waals surface area (Å²) < 4.78 is 0. The molecule has 0 aliphatic heterocycles. The van der Waals surface area contributed by atoms with Crippen LogP contribution in [0.3, 0.4) is 0 Å².